The molecule has 3 heteroatoms. The molecule has 0 saturated heterocycles. The van der Waals surface area contributed by atoms with Crippen LogP contribution in [0.1, 0.15) is 23.5 Å². The predicted molar refractivity (Wildman–Crippen MR) is 98.2 cm³/mol. The topological polar surface area (TPSA) is 29.1 Å². The van der Waals surface area contributed by atoms with Crippen LogP contribution < -0.4 is 5.32 Å². The molecule has 0 saturated carbocycles. The Hall–Kier alpha value is -1.88. The summed E-state index contributed by atoms with van der Waals surface area (Å²) < 4.78 is 1.21. The van der Waals surface area contributed by atoms with Crippen LogP contribution in [-0.2, 0) is 4.79 Å². The summed E-state index contributed by atoms with van der Waals surface area (Å²) >= 11 is 2.35. The second kappa shape index (κ2) is 5.39. The highest BCUT2D eigenvalue weighted by Crippen LogP contribution is 2.41. The van der Waals surface area contributed by atoms with E-state index in [1.807, 2.05) is 24.3 Å². The number of hydrogen-bond acceptors (Lipinski definition) is 1. The minimum atomic E-state index is 0.0912. The Labute approximate surface area is 142 Å². The van der Waals surface area contributed by atoms with Crippen LogP contribution in [0.4, 0.5) is 5.69 Å². The van der Waals surface area contributed by atoms with Crippen LogP contribution in [0.15, 0.2) is 60.7 Å². The van der Waals surface area contributed by atoms with E-state index < -0.39 is 0 Å². The lowest BCUT2D eigenvalue weighted by Gasteiger charge is -2.28. The fourth-order valence-electron chi connectivity index (χ4n) is 3.24. The Morgan fingerprint density at radius 2 is 1.68 bits per heavy atom. The largest absolute Gasteiger partial charge is 0.325 e. The normalized spacial score (nSPS) is 17.1. The number of anilines is 1. The molecule has 1 aliphatic rings. The molecule has 1 heterocycles. The summed E-state index contributed by atoms with van der Waals surface area (Å²) in [6, 6.07) is 20.8. The van der Waals surface area contributed by atoms with Gasteiger partial charge in [-0.15, -0.1) is 0 Å². The van der Waals surface area contributed by atoms with Crippen LogP contribution >= 0.6 is 22.6 Å². The highest BCUT2D eigenvalue weighted by molar-refractivity contribution is 14.1. The number of carbonyl (C=O) groups is 1. The van der Waals surface area contributed by atoms with Gasteiger partial charge in [-0.2, -0.15) is 0 Å². The van der Waals surface area contributed by atoms with Crippen molar-refractivity contribution in [3.63, 3.8) is 0 Å². The predicted octanol–water partition coefficient (Wildman–Crippen LogP) is 4.92. The van der Waals surface area contributed by atoms with Gasteiger partial charge < -0.3 is 5.32 Å². The number of fused-ring (bicyclic) bond motifs is 3. The van der Waals surface area contributed by atoms with Gasteiger partial charge in [-0.05, 0) is 45.2 Å². The third-order valence-corrected chi connectivity index (χ3v) is 5.25. The van der Waals surface area contributed by atoms with Gasteiger partial charge in [-0.1, -0.05) is 54.6 Å². The average Bonchev–Trinajstić information content (AvgIpc) is 2.54. The summed E-state index contributed by atoms with van der Waals surface area (Å²) in [5, 5.41) is 5.35. The summed E-state index contributed by atoms with van der Waals surface area (Å²) in [7, 11) is 0. The van der Waals surface area contributed by atoms with Crippen molar-refractivity contribution in [1.29, 1.82) is 0 Å². The minimum Gasteiger partial charge on any atom is -0.325 e. The van der Waals surface area contributed by atoms with Gasteiger partial charge >= 0.3 is 0 Å². The lowest BCUT2D eigenvalue weighted by Crippen LogP contribution is -2.24. The zero-order chi connectivity index (χ0) is 15.1. The number of carbonyl (C=O) groups excluding carboxylic acids is 1. The Morgan fingerprint density at radius 1 is 0.909 bits per heavy atom. The molecule has 1 N–H and O–H groups in total. The summed E-state index contributed by atoms with van der Waals surface area (Å²) in [5.74, 6) is 0.218. The van der Waals surface area contributed by atoms with Crippen molar-refractivity contribution < 1.29 is 4.79 Å². The van der Waals surface area contributed by atoms with Crippen molar-refractivity contribution in [2.45, 2.75) is 12.3 Å². The maximum atomic E-state index is 12.3. The molecular formula is C19H14INO. The number of hydrogen-bond donors (Lipinski definition) is 1. The summed E-state index contributed by atoms with van der Waals surface area (Å²) in [4.78, 5) is 12.3. The molecule has 0 radical (unpaired) electrons. The van der Waals surface area contributed by atoms with E-state index in [1.54, 1.807) is 0 Å². The molecule has 0 aliphatic carbocycles. The molecule has 2 nitrogen and oxygen atoms in total. The lowest BCUT2D eigenvalue weighted by atomic mass is 9.83. The molecule has 1 atom stereocenters. The molecule has 0 unspecified atom stereocenters. The van der Waals surface area contributed by atoms with Gasteiger partial charge in [0.1, 0.15) is 0 Å². The first-order valence-corrected chi connectivity index (χ1v) is 8.38. The fourth-order valence-corrected chi connectivity index (χ4v) is 4.00. The molecule has 3 aromatic rings. The van der Waals surface area contributed by atoms with Gasteiger partial charge in [0.25, 0.3) is 0 Å². The van der Waals surface area contributed by atoms with Gasteiger partial charge in [-0.3, -0.25) is 4.79 Å². The van der Waals surface area contributed by atoms with Crippen molar-refractivity contribution in [2.24, 2.45) is 0 Å². The quantitative estimate of drug-likeness (QED) is 0.579. The molecular weight excluding hydrogens is 385 g/mol. The molecule has 108 valence electrons. The van der Waals surface area contributed by atoms with E-state index in [0.717, 1.165) is 16.5 Å². The smallest absolute Gasteiger partial charge is 0.225 e. The van der Waals surface area contributed by atoms with Crippen LogP contribution in [0.5, 0.6) is 0 Å². The number of halogens is 1. The van der Waals surface area contributed by atoms with Crippen molar-refractivity contribution in [3.8, 4) is 0 Å². The van der Waals surface area contributed by atoms with Crippen LogP contribution in [0, 0.1) is 3.57 Å². The van der Waals surface area contributed by atoms with Gasteiger partial charge in [0.05, 0.1) is 5.69 Å². The van der Waals surface area contributed by atoms with E-state index in [2.05, 4.69) is 64.3 Å². The first-order chi connectivity index (χ1) is 10.7. The first-order valence-electron chi connectivity index (χ1n) is 7.30. The molecule has 0 aromatic heterocycles. The Balaban J connectivity index is 1.97. The third-order valence-electron chi connectivity index (χ3n) is 4.27. The first kappa shape index (κ1) is 13.8. The van der Waals surface area contributed by atoms with Crippen LogP contribution in [0.2, 0.25) is 0 Å². The number of rotatable bonds is 1. The monoisotopic (exact) mass is 399 g/mol. The fraction of sp³-hybridized carbons (Fsp3) is 0.105. The van der Waals surface area contributed by atoms with E-state index in [-0.39, 0.29) is 11.8 Å². The maximum absolute atomic E-state index is 12.3. The second-order valence-electron chi connectivity index (χ2n) is 5.58. The molecule has 3 aromatic carbocycles. The van der Waals surface area contributed by atoms with Crippen molar-refractivity contribution in [1.82, 2.24) is 0 Å². The van der Waals surface area contributed by atoms with E-state index in [4.69, 9.17) is 0 Å². The van der Waals surface area contributed by atoms with Crippen molar-refractivity contribution in [3.05, 3.63) is 75.4 Å². The van der Waals surface area contributed by atoms with Crippen LogP contribution in [-0.4, -0.2) is 5.91 Å². The SMILES string of the molecule is O=C1C[C@H](c2ccccc2I)c2ccc3ccccc3c2N1. The number of benzene rings is 3. The molecule has 4 rings (SSSR count). The Morgan fingerprint density at radius 3 is 2.55 bits per heavy atom. The van der Waals surface area contributed by atoms with Gasteiger partial charge in [-0.25, -0.2) is 0 Å². The zero-order valence-corrected chi connectivity index (χ0v) is 14.0. The van der Waals surface area contributed by atoms with Crippen LogP contribution in [0.25, 0.3) is 10.8 Å². The van der Waals surface area contributed by atoms with Crippen LogP contribution in [0.3, 0.4) is 0 Å². The molecule has 1 amide bonds. The second-order valence-corrected chi connectivity index (χ2v) is 6.74. The van der Waals surface area contributed by atoms with E-state index in [9.17, 15) is 4.79 Å². The standard InChI is InChI=1S/C19H14INO/c20-17-8-4-3-7-14(17)16-11-18(22)21-19-13-6-2-1-5-12(13)9-10-15(16)19/h1-10,16H,11H2,(H,21,22)/t16-/m1/s1. The number of nitrogens with one attached hydrogen (secondary N) is 1. The highest BCUT2D eigenvalue weighted by Gasteiger charge is 2.28. The molecule has 0 bridgehead atoms. The number of amides is 1. The van der Waals surface area contributed by atoms with Crippen molar-refractivity contribution >= 4 is 45.0 Å². The maximum Gasteiger partial charge on any atom is 0.225 e. The Kier molecular flexibility index (Phi) is 3.37. The van der Waals surface area contributed by atoms with E-state index >= 15 is 0 Å². The summed E-state index contributed by atoms with van der Waals surface area (Å²) in [6.45, 7) is 0. The molecule has 0 fully saturated rings. The highest BCUT2D eigenvalue weighted by atomic mass is 127. The van der Waals surface area contributed by atoms with E-state index in [0.29, 0.717) is 6.42 Å². The van der Waals surface area contributed by atoms with Gasteiger partial charge in [0, 0.05) is 21.3 Å². The average molecular weight is 399 g/mol. The summed E-state index contributed by atoms with van der Waals surface area (Å²) in [5.41, 5.74) is 3.41. The van der Waals surface area contributed by atoms with Crippen molar-refractivity contribution in [2.75, 3.05) is 5.32 Å². The lowest BCUT2D eigenvalue weighted by molar-refractivity contribution is -0.116. The Bertz CT molecular complexity index is 887. The summed E-state index contributed by atoms with van der Waals surface area (Å²) in [6.07, 6.45) is 0.505. The van der Waals surface area contributed by atoms with E-state index in [1.165, 1.54) is 14.7 Å². The molecule has 0 spiro atoms. The molecule has 1 aliphatic heterocycles. The molecule has 22 heavy (non-hydrogen) atoms. The zero-order valence-electron chi connectivity index (χ0n) is 11.8. The minimum absolute atomic E-state index is 0.0912. The third kappa shape index (κ3) is 2.20. The van der Waals surface area contributed by atoms with Gasteiger partial charge in [0.15, 0.2) is 0 Å². The van der Waals surface area contributed by atoms with Gasteiger partial charge in [0.2, 0.25) is 5.91 Å².